The lowest BCUT2D eigenvalue weighted by atomic mass is 10.2. The Kier molecular flexibility index (Phi) is 14.3. The second-order valence-corrected chi connectivity index (χ2v) is 6.61. The molecule has 1 amide bonds. The van der Waals surface area contributed by atoms with E-state index in [1.165, 1.54) is 12.1 Å². The molecule has 0 heterocycles. The quantitative estimate of drug-likeness (QED) is 0.223. The minimum atomic E-state index is -0.0939. The third-order valence-corrected chi connectivity index (χ3v) is 4.17. The maximum absolute atomic E-state index is 11.9. The number of carbonyl (C=O) groups excluding carboxylic acids is 1. The Morgan fingerprint density at radius 1 is 0.741 bits per heavy atom. The summed E-state index contributed by atoms with van der Waals surface area (Å²) in [6.07, 6.45) is 5.31. The zero-order chi connectivity index (χ0) is 19.6. The highest BCUT2D eigenvalue weighted by Gasteiger charge is 2.03. The number of rotatable bonds is 17. The Morgan fingerprint density at radius 3 is 1.78 bits per heavy atom. The number of phenols is 1. The molecule has 0 radical (unpaired) electrons. The molecule has 1 aromatic rings. The molecule has 0 aliphatic heterocycles. The molecule has 7 nitrogen and oxygen atoms in total. The molecule has 0 saturated heterocycles. The zero-order valence-corrected chi connectivity index (χ0v) is 16.4. The van der Waals surface area contributed by atoms with Gasteiger partial charge in [-0.1, -0.05) is 0 Å². The summed E-state index contributed by atoms with van der Waals surface area (Å²) in [5.41, 5.74) is 6.01. The van der Waals surface area contributed by atoms with Crippen LogP contribution >= 0.6 is 0 Å². The van der Waals surface area contributed by atoms with E-state index in [1.54, 1.807) is 12.1 Å². The van der Waals surface area contributed by atoms with Crippen molar-refractivity contribution in [3.63, 3.8) is 0 Å². The van der Waals surface area contributed by atoms with Crippen LogP contribution in [0, 0.1) is 0 Å². The number of unbranched alkanes of at least 4 members (excludes halogenated alkanes) is 1. The Hall–Kier alpha value is -1.67. The number of nitrogens with two attached hydrogens (primary N) is 1. The van der Waals surface area contributed by atoms with Crippen molar-refractivity contribution in [1.82, 2.24) is 21.3 Å². The first-order chi connectivity index (χ1) is 13.2. The van der Waals surface area contributed by atoms with Gasteiger partial charge in [0.15, 0.2) is 0 Å². The highest BCUT2D eigenvalue weighted by molar-refractivity contribution is 5.94. The standard InChI is InChI=1S/C20H37N5O2/c21-10-3-12-23-14-5-16-24-15-4-13-22-11-1-2-17-25-20(27)18-6-8-19(26)9-7-18/h6-9,22-24,26H,1-5,10-17,21H2,(H,25,27). The molecule has 0 aliphatic carbocycles. The van der Waals surface area contributed by atoms with E-state index in [4.69, 9.17) is 5.73 Å². The molecule has 0 aromatic heterocycles. The number of carbonyl (C=O) groups is 1. The van der Waals surface area contributed by atoms with Crippen molar-refractivity contribution in [3.8, 4) is 5.75 Å². The second kappa shape index (κ2) is 16.5. The predicted octanol–water partition coefficient (Wildman–Crippen LogP) is 0.800. The van der Waals surface area contributed by atoms with Crippen molar-refractivity contribution in [2.24, 2.45) is 5.73 Å². The molecule has 0 fully saturated rings. The van der Waals surface area contributed by atoms with Gasteiger partial charge in [0.05, 0.1) is 0 Å². The van der Waals surface area contributed by atoms with E-state index in [2.05, 4.69) is 21.3 Å². The summed E-state index contributed by atoms with van der Waals surface area (Å²) in [4.78, 5) is 11.9. The fraction of sp³-hybridized carbons (Fsp3) is 0.650. The first-order valence-electron chi connectivity index (χ1n) is 10.1. The Labute approximate surface area is 163 Å². The van der Waals surface area contributed by atoms with Crippen LogP contribution in [-0.2, 0) is 0 Å². The second-order valence-electron chi connectivity index (χ2n) is 6.61. The highest BCUT2D eigenvalue weighted by atomic mass is 16.3. The lowest BCUT2D eigenvalue weighted by Crippen LogP contribution is -2.27. The van der Waals surface area contributed by atoms with E-state index in [0.717, 1.165) is 77.9 Å². The normalized spacial score (nSPS) is 10.9. The van der Waals surface area contributed by atoms with E-state index in [1.807, 2.05) is 0 Å². The molecular formula is C20H37N5O2. The van der Waals surface area contributed by atoms with Crippen LogP contribution in [0.3, 0.4) is 0 Å². The zero-order valence-electron chi connectivity index (χ0n) is 16.4. The molecule has 0 unspecified atom stereocenters. The monoisotopic (exact) mass is 379 g/mol. The van der Waals surface area contributed by atoms with E-state index in [9.17, 15) is 9.90 Å². The summed E-state index contributed by atoms with van der Waals surface area (Å²) in [5, 5.41) is 22.4. The van der Waals surface area contributed by atoms with Crippen LogP contribution in [0.25, 0.3) is 0 Å². The number of benzene rings is 1. The molecule has 154 valence electrons. The highest BCUT2D eigenvalue weighted by Crippen LogP contribution is 2.09. The molecule has 1 aromatic carbocycles. The topological polar surface area (TPSA) is 111 Å². The van der Waals surface area contributed by atoms with Crippen LogP contribution in [-0.4, -0.2) is 63.4 Å². The smallest absolute Gasteiger partial charge is 0.251 e. The van der Waals surface area contributed by atoms with Crippen LogP contribution < -0.4 is 27.0 Å². The van der Waals surface area contributed by atoms with Gasteiger partial charge >= 0.3 is 0 Å². The van der Waals surface area contributed by atoms with Gasteiger partial charge in [-0.2, -0.15) is 0 Å². The van der Waals surface area contributed by atoms with E-state index in [0.29, 0.717) is 12.1 Å². The minimum absolute atomic E-state index is 0.0939. The van der Waals surface area contributed by atoms with Crippen LogP contribution in [0.5, 0.6) is 5.75 Å². The lowest BCUT2D eigenvalue weighted by Gasteiger charge is -2.08. The molecule has 27 heavy (non-hydrogen) atoms. The van der Waals surface area contributed by atoms with Crippen molar-refractivity contribution in [2.75, 3.05) is 52.4 Å². The third kappa shape index (κ3) is 13.2. The van der Waals surface area contributed by atoms with Crippen molar-refractivity contribution < 1.29 is 9.90 Å². The largest absolute Gasteiger partial charge is 0.508 e. The average Bonchev–Trinajstić information content (AvgIpc) is 2.68. The van der Waals surface area contributed by atoms with Crippen molar-refractivity contribution in [1.29, 1.82) is 0 Å². The molecule has 7 N–H and O–H groups in total. The SMILES string of the molecule is NCCCNCCCNCCCNCCCCNC(=O)c1ccc(O)cc1. The Morgan fingerprint density at radius 2 is 1.22 bits per heavy atom. The van der Waals surface area contributed by atoms with Gasteiger partial charge in [0.2, 0.25) is 0 Å². The number of nitrogens with one attached hydrogen (secondary N) is 4. The molecule has 0 spiro atoms. The van der Waals surface area contributed by atoms with Gasteiger partial charge in [-0.15, -0.1) is 0 Å². The molecule has 0 bridgehead atoms. The summed E-state index contributed by atoms with van der Waals surface area (Å²) in [5.74, 6) is 0.0757. The maximum Gasteiger partial charge on any atom is 0.251 e. The van der Waals surface area contributed by atoms with Crippen molar-refractivity contribution in [3.05, 3.63) is 29.8 Å². The molecule has 0 saturated carbocycles. The summed E-state index contributed by atoms with van der Waals surface area (Å²) < 4.78 is 0. The lowest BCUT2D eigenvalue weighted by molar-refractivity contribution is 0.0953. The van der Waals surface area contributed by atoms with Gasteiger partial charge in [0.1, 0.15) is 5.75 Å². The van der Waals surface area contributed by atoms with Crippen LogP contribution in [0.4, 0.5) is 0 Å². The van der Waals surface area contributed by atoms with Gasteiger partial charge in [-0.3, -0.25) is 4.79 Å². The summed E-state index contributed by atoms with van der Waals surface area (Å²) in [6, 6.07) is 6.29. The van der Waals surface area contributed by atoms with Gasteiger partial charge in [-0.05, 0) is 102 Å². The molecule has 0 atom stereocenters. The van der Waals surface area contributed by atoms with Crippen molar-refractivity contribution in [2.45, 2.75) is 32.1 Å². The summed E-state index contributed by atoms with van der Waals surface area (Å²) >= 11 is 0. The number of aromatic hydroxyl groups is 1. The molecule has 1 rings (SSSR count). The van der Waals surface area contributed by atoms with Crippen LogP contribution in [0.15, 0.2) is 24.3 Å². The Bertz CT molecular complexity index is 482. The first kappa shape index (κ1) is 23.4. The van der Waals surface area contributed by atoms with E-state index in [-0.39, 0.29) is 11.7 Å². The molecular weight excluding hydrogens is 342 g/mol. The summed E-state index contributed by atoms with van der Waals surface area (Å²) in [7, 11) is 0. The van der Waals surface area contributed by atoms with Crippen molar-refractivity contribution >= 4 is 5.91 Å². The minimum Gasteiger partial charge on any atom is -0.508 e. The van der Waals surface area contributed by atoms with Crippen LogP contribution in [0.2, 0.25) is 0 Å². The van der Waals surface area contributed by atoms with Crippen LogP contribution in [0.1, 0.15) is 42.5 Å². The number of hydrogen-bond donors (Lipinski definition) is 6. The number of hydrogen-bond acceptors (Lipinski definition) is 6. The fourth-order valence-electron chi connectivity index (χ4n) is 2.57. The average molecular weight is 380 g/mol. The van der Waals surface area contributed by atoms with Gasteiger partial charge < -0.3 is 32.1 Å². The maximum atomic E-state index is 11.9. The number of amides is 1. The van der Waals surface area contributed by atoms with Gasteiger partial charge in [-0.25, -0.2) is 0 Å². The molecule has 7 heteroatoms. The van der Waals surface area contributed by atoms with Gasteiger partial charge in [0, 0.05) is 12.1 Å². The van der Waals surface area contributed by atoms with E-state index < -0.39 is 0 Å². The number of phenolic OH excluding ortho intramolecular Hbond substituents is 1. The van der Waals surface area contributed by atoms with Gasteiger partial charge in [0.25, 0.3) is 5.91 Å². The summed E-state index contributed by atoms with van der Waals surface area (Å²) in [6.45, 7) is 7.57. The predicted molar refractivity (Wildman–Crippen MR) is 111 cm³/mol. The third-order valence-electron chi connectivity index (χ3n) is 4.17. The fourth-order valence-corrected chi connectivity index (χ4v) is 2.57. The van der Waals surface area contributed by atoms with E-state index >= 15 is 0 Å². The molecule has 0 aliphatic rings. The Balaban J connectivity index is 1.80. The first-order valence-corrected chi connectivity index (χ1v) is 10.1.